The van der Waals surface area contributed by atoms with Gasteiger partial charge in [0.1, 0.15) is 12.0 Å². The summed E-state index contributed by atoms with van der Waals surface area (Å²) in [4.78, 5) is 15.5. The number of hydrogen-bond acceptors (Lipinski definition) is 5. The summed E-state index contributed by atoms with van der Waals surface area (Å²) in [7, 11) is -3.84. The molecule has 0 bridgehead atoms. The molecule has 1 heterocycles. The van der Waals surface area contributed by atoms with Gasteiger partial charge in [0.05, 0.1) is 12.3 Å². The van der Waals surface area contributed by atoms with E-state index in [4.69, 9.17) is 11.6 Å². The van der Waals surface area contributed by atoms with E-state index in [1.54, 1.807) is 4.72 Å². The molecular weight excluding hydrogens is 368 g/mol. The Balaban J connectivity index is 2.21. The van der Waals surface area contributed by atoms with Gasteiger partial charge in [0.2, 0.25) is 10.0 Å². The molecule has 1 aromatic carbocycles. The lowest BCUT2D eigenvalue weighted by molar-refractivity contribution is 0.0934. The first-order valence-electron chi connectivity index (χ1n) is 6.45. The molecule has 1 atom stereocenters. The molecule has 2 N–H and O–H groups in total. The maximum Gasteiger partial charge on any atom is 0.292 e. The van der Waals surface area contributed by atoms with Gasteiger partial charge in [-0.2, -0.15) is 4.98 Å². The number of halogens is 3. The van der Waals surface area contributed by atoms with Gasteiger partial charge in [0.15, 0.2) is 17.3 Å². The molecule has 24 heavy (non-hydrogen) atoms. The second kappa shape index (κ2) is 6.73. The highest BCUT2D eigenvalue weighted by Gasteiger charge is 2.19. The SMILES string of the molecule is C[C@@H](NC(=O)c1coc(Cl)n1)c1cc(F)c(NS(C)(=O)=O)c(F)c1. The lowest BCUT2D eigenvalue weighted by atomic mass is 10.1. The van der Waals surface area contributed by atoms with E-state index >= 15 is 0 Å². The molecule has 2 aromatic rings. The number of rotatable bonds is 5. The third-order valence-corrected chi connectivity index (χ3v) is 3.66. The number of hydrogen-bond donors (Lipinski definition) is 2. The molecular formula is C13H12ClF2N3O4S. The summed E-state index contributed by atoms with van der Waals surface area (Å²) < 4.78 is 56.5. The molecule has 0 radical (unpaired) electrons. The standard InChI is InChI=1S/C13H12ClF2N3O4S/c1-6(17-12(20)10-5-23-13(14)18-10)7-3-8(15)11(9(16)4-7)19-24(2,21)22/h3-6,19H,1-2H3,(H,17,20)/t6-/m1/s1. The zero-order valence-electron chi connectivity index (χ0n) is 12.4. The quantitative estimate of drug-likeness (QED) is 0.831. The van der Waals surface area contributed by atoms with Gasteiger partial charge >= 0.3 is 0 Å². The van der Waals surface area contributed by atoms with Crippen molar-refractivity contribution in [2.45, 2.75) is 13.0 Å². The molecule has 0 fully saturated rings. The minimum Gasteiger partial charge on any atom is -0.435 e. The van der Waals surface area contributed by atoms with Crippen LogP contribution < -0.4 is 10.0 Å². The maximum absolute atomic E-state index is 13.9. The van der Waals surface area contributed by atoms with Crippen LogP contribution in [0.25, 0.3) is 0 Å². The average molecular weight is 380 g/mol. The predicted molar refractivity (Wildman–Crippen MR) is 82.2 cm³/mol. The third kappa shape index (κ3) is 4.42. The van der Waals surface area contributed by atoms with Crippen molar-refractivity contribution in [3.05, 3.63) is 46.6 Å². The number of amides is 1. The van der Waals surface area contributed by atoms with E-state index < -0.39 is 39.3 Å². The van der Waals surface area contributed by atoms with E-state index in [1.165, 1.54) is 6.92 Å². The molecule has 130 valence electrons. The minimum atomic E-state index is -3.84. The van der Waals surface area contributed by atoms with Gasteiger partial charge in [-0.25, -0.2) is 17.2 Å². The molecule has 0 saturated heterocycles. The Kier molecular flexibility index (Phi) is 5.09. The second-order valence-corrected chi connectivity index (χ2v) is 6.99. The zero-order chi connectivity index (χ0) is 18.1. The van der Waals surface area contributed by atoms with Crippen molar-refractivity contribution in [1.82, 2.24) is 10.3 Å². The first-order valence-corrected chi connectivity index (χ1v) is 8.72. The van der Waals surface area contributed by atoms with Crippen molar-refractivity contribution in [1.29, 1.82) is 0 Å². The smallest absolute Gasteiger partial charge is 0.292 e. The Morgan fingerprint density at radius 1 is 1.33 bits per heavy atom. The highest BCUT2D eigenvalue weighted by atomic mass is 35.5. The summed E-state index contributed by atoms with van der Waals surface area (Å²) in [6.07, 6.45) is 1.80. The van der Waals surface area contributed by atoms with E-state index in [2.05, 4.69) is 14.7 Å². The van der Waals surface area contributed by atoms with Crippen LogP contribution in [0.15, 0.2) is 22.8 Å². The van der Waals surface area contributed by atoms with E-state index in [9.17, 15) is 22.0 Å². The summed E-state index contributed by atoms with van der Waals surface area (Å²) >= 11 is 5.46. The number of oxazole rings is 1. The Labute approximate surface area is 141 Å². The minimum absolute atomic E-state index is 0.0898. The molecule has 7 nitrogen and oxygen atoms in total. The van der Waals surface area contributed by atoms with Crippen LogP contribution >= 0.6 is 11.6 Å². The zero-order valence-corrected chi connectivity index (χ0v) is 14.0. The monoisotopic (exact) mass is 379 g/mol. The van der Waals surface area contributed by atoms with Crippen molar-refractivity contribution in [3.8, 4) is 0 Å². The van der Waals surface area contributed by atoms with Crippen LogP contribution in [0.1, 0.15) is 29.0 Å². The summed E-state index contributed by atoms with van der Waals surface area (Å²) in [5.74, 6) is -2.88. The van der Waals surface area contributed by atoms with Crippen LogP contribution in [0.3, 0.4) is 0 Å². The van der Waals surface area contributed by atoms with E-state index in [0.29, 0.717) is 0 Å². The summed E-state index contributed by atoms with van der Waals surface area (Å²) in [6, 6.07) is 1.04. The Morgan fingerprint density at radius 2 is 1.92 bits per heavy atom. The highest BCUT2D eigenvalue weighted by Crippen LogP contribution is 2.25. The van der Waals surface area contributed by atoms with Crippen molar-refractivity contribution in [2.75, 3.05) is 11.0 Å². The molecule has 0 aliphatic heterocycles. The number of aromatic nitrogens is 1. The van der Waals surface area contributed by atoms with Crippen LogP contribution in [0.4, 0.5) is 14.5 Å². The van der Waals surface area contributed by atoms with E-state index in [-0.39, 0.29) is 16.6 Å². The summed E-state index contributed by atoms with van der Waals surface area (Å²) in [5.41, 5.74) is -0.793. The number of nitrogens with one attached hydrogen (secondary N) is 2. The molecule has 11 heteroatoms. The number of sulfonamides is 1. The van der Waals surface area contributed by atoms with E-state index in [1.807, 2.05) is 0 Å². The van der Waals surface area contributed by atoms with Gasteiger partial charge < -0.3 is 9.73 Å². The van der Waals surface area contributed by atoms with Crippen molar-refractivity contribution < 1.29 is 26.4 Å². The number of nitrogens with zero attached hydrogens (tertiary/aromatic N) is 1. The van der Waals surface area contributed by atoms with Crippen LogP contribution in [0.2, 0.25) is 5.35 Å². The molecule has 0 aliphatic carbocycles. The van der Waals surface area contributed by atoms with Crippen LogP contribution in [0, 0.1) is 11.6 Å². The fourth-order valence-electron chi connectivity index (χ4n) is 1.84. The molecule has 2 rings (SSSR count). The van der Waals surface area contributed by atoms with Crippen LogP contribution in [-0.4, -0.2) is 25.6 Å². The lowest BCUT2D eigenvalue weighted by Crippen LogP contribution is -2.27. The first-order chi connectivity index (χ1) is 11.1. The van der Waals surface area contributed by atoms with Crippen molar-refractivity contribution >= 4 is 33.2 Å². The van der Waals surface area contributed by atoms with Crippen LogP contribution in [0.5, 0.6) is 0 Å². The Hall–Kier alpha value is -2.20. The number of carbonyl (C=O) groups is 1. The Bertz CT molecular complexity index is 862. The highest BCUT2D eigenvalue weighted by molar-refractivity contribution is 7.92. The van der Waals surface area contributed by atoms with E-state index in [0.717, 1.165) is 24.7 Å². The first kappa shape index (κ1) is 18.1. The molecule has 0 spiro atoms. The Morgan fingerprint density at radius 3 is 2.38 bits per heavy atom. The molecule has 0 unspecified atom stereocenters. The molecule has 1 amide bonds. The van der Waals surface area contributed by atoms with Gasteiger partial charge in [-0.3, -0.25) is 9.52 Å². The molecule has 1 aromatic heterocycles. The van der Waals surface area contributed by atoms with Gasteiger partial charge in [-0.15, -0.1) is 0 Å². The second-order valence-electron chi connectivity index (χ2n) is 4.91. The third-order valence-electron chi connectivity index (χ3n) is 2.91. The van der Waals surface area contributed by atoms with Crippen molar-refractivity contribution in [3.63, 3.8) is 0 Å². The van der Waals surface area contributed by atoms with Crippen LogP contribution in [-0.2, 0) is 10.0 Å². The lowest BCUT2D eigenvalue weighted by Gasteiger charge is -2.15. The summed E-state index contributed by atoms with van der Waals surface area (Å²) in [5, 5.41) is 2.23. The van der Waals surface area contributed by atoms with Crippen molar-refractivity contribution in [2.24, 2.45) is 0 Å². The molecule has 0 saturated carbocycles. The number of benzene rings is 1. The predicted octanol–water partition coefficient (Wildman–Crippen LogP) is 2.47. The average Bonchev–Trinajstić information content (AvgIpc) is 2.88. The normalized spacial score (nSPS) is 12.7. The fourth-order valence-corrected chi connectivity index (χ4v) is 2.54. The number of carbonyl (C=O) groups excluding carboxylic acids is 1. The number of anilines is 1. The van der Waals surface area contributed by atoms with Gasteiger partial charge in [0.25, 0.3) is 11.3 Å². The van der Waals surface area contributed by atoms with Gasteiger partial charge in [-0.05, 0) is 36.2 Å². The fraction of sp³-hybridized carbons (Fsp3) is 0.231. The van der Waals surface area contributed by atoms with Gasteiger partial charge in [-0.1, -0.05) is 0 Å². The molecule has 0 aliphatic rings. The summed E-state index contributed by atoms with van der Waals surface area (Å²) in [6.45, 7) is 1.48. The maximum atomic E-state index is 13.9. The largest absolute Gasteiger partial charge is 0.435 e. The van der Waals surface area contributed by atoms with Gasteiger partial charge in [0, 0.05) is 0 Å². The topological polar surface area (TPSA) is 101 Å².